The quantitative estimate of drug-likeness (QED) is 0.615. The molecule has 1 unspecified atom stereocenters. The highest BCUT2D eigenvalue weighted by molar-refractivity contribution is 5.78. The van der Waals surface area contributed by atoms with Crippen molar-refractivity contribution in [1.29, 1.82) is 0 Å². The van der Waals surface area contributed by atoms with E-state index >= 15 is 0 Å². The van der Waals surface area contributed by atoms with Crippen LogP contribution in [0.5, 0.6) is 0 Å². The minimum Gasteiger partial charge on any atom is -0.481 e. The standard InChI is InChI=1S/C11H21NO4/c1-4-11(2,8-10(14)15)12-9(13)6-5-7-16-3/h4-8H2,1-3H3,(H,12,13)(H,14,15). The second kappa shape index (κ2) is 7.22. The molecule has 0 saturated carbocycles. The van der Waals surface area contributed by atoms with Gasteiger partial charge in [-0.1, -0.05) is 6.92 Å². The number of methoxy groups -OCH3 is 1. The van der Waals surface area contributed by atoms with Gasteiger partial charge in [0, 0.05) is 25.7 Å². The molecule has 0 heterocycles. The van der Waals surface area contributed by atoms with E-state index in [0.717, 1.165) is 0 Å². The Morgan fingerprint density at radius 1 is 1.44 bits per heavy atom. The summed E-state index contributed by atoms with van der Waals surface area (Å²) >= 11 is 0. The van der Waals surface area contributed by atoms with Gasteiger partial charge in [0.05, 0.1) is 6.42 Å². The van der Waals surface area contributed by atoms with E-state index in [4.69, 9.17) is 9.84 Å². The summed E-state index contributed by atoms with van der Waals surface area (Å²) in [5.41, 5.74) is -0.657. The topological polar surface area (TPSA) is 75.6 Å². The molecule has 0 aromatic carbocycles. The highest BCUT2D eigenvalue weighted by Gasteiger charge is 2.26. The molecule has 1 amide bonds. The zero-order valence-corrected chi connectivity index (χ0v) is 10.2. The molecule has 0 aromatic rings. The van der Waals surface area contributed by atoms with Crippen molar-refractivity contribution < 1.29 is 19.4 Å². The number of amides is 1. The Morgan fingerprint density at radius 2 is 2.06 bits per heavy atom. The van der Waals surface area contributed by atoms with Crippen molar-refractivity contribution >= 4 is 11.9 Å². The van der Waals surface area contributed by atoms with Crippen LogP contribution in [-0.4, -0.2) is 36.2 Å². The van der Waals surface area contributed by atoms with Crippen LogP contribution in [0.2, 0.25) is 0 Å². The molecule has 0 saturated heterocycles. The molecule has 0 radical (unpaired) electrons. The minimum atomic E-state index is -0.901. The van der Waals surface area contributed by atoms with E-state index in [1.54, 1.807) is 14.0 Å². The van der Waals surface area contributed by atoms with Crippen LogP contribution in [0.4, 0.5) is 0 Å². The molecule has 0 aliphatic rings. The summed E-state index contributed by atoms with van der Waals surface area (Å²) in [6, 6.07) is 0. The number of carbonyl (C=O) groups is 2. The lowest BCUT2D eigenvalue weighted by atomic mass is 9.94. The molecule has 2 N–H and O–H groups in total. The van der Waals surface area contributed by atoms with Crippen molar-refractivity contribution in [3.8, 4) is 0 Å². The third kappa shape index (κ3) is 6.40. The molecular formula is C11H21NO4. The maximum Gasteiger partial charge on any atom is 0.305 e. The normalized spacial score (nSPS) is 14.2. The van der Waals surface area contributed by atoms with Gasteiger partial charge in [0.15, 0.2) is 0 Å². The molecule has 0 aliphatic heterocycles. The Kier molecular flexibility index (Phi) is 6.72. The Morgan fingerprint density at radius 3 is 2.50 bits per heavy atom. The molecule has 5 nitrogen and oxygen atoms in total. The Hall–Kier alpha value is -1.10. The number of nitrogens with one attached hydrogen (secondary N) is 1. The molecular weight excluding hydrogens is 210 g/mol. The number of carboxylic acids is 1. The Bertz CT molecular complexity index is 242. The van der Waals surface area contributed by atoms with Crippen LogP contribution < -0.4 is 5.32 Å². The van der Waals surface area contributed by atoms with E-state index in [0.29, 0.717) is 25.9 Å². The zero-order chi connectivity index (χ0) is 12.6. The summed E-state index contributed by atoms with van der Waals surface area (Å²) in [5, 5.41) is 11.5. The summed E-state index contributed by atoms with van der Waals surface area (Å²) in [6.45, 7) is 4.14. The van der Waals surface area contributed by atoms with Crippen LogP contribution in [-0.2, 0) is 14.3 Å². The van der Waals surface area contributed by atoms with Crippen LogP contribution in [0.25, 0.3) is 0 Å². The highest BCUT2D eigenvalue weighted by atomic mass is 16.5. The van der Waals surface area contributed by atoms with Crippen molar-refractivity contribution in [2.45, 2.75) is 45.1 Å². The lowest BCUT2D eigenvalue weighted by Gasteiger charge is -2.27. The minimum absolute atomic E-state index is 0.0560. The molecule has 0 rings (SSSR count). The number of aliphatic carboxylic acids is 1. The van der Waals surface area contributed by atoms with Gasteiger partial charge in [0.25, 0.3) is 0 Å². The molecule has 0 bridgehead atoms. The average Bonchev–Trinajstić information content (AvgIpc) is 2.16. The number of carboxylic acid groups (broad SMARTS) is 1. The monoisotopic (exact) mass is 231 g/mol. The maximum absolute atomic E-state index is 11.5. The molecule has 1 atom stereocenters. The van der Waals surface area contributed by atoms with E-state index in [-0.39, 0.29) is 12.3 Å². The molecule has 0 aromatic heterocycles. The number of hydrogen-bond donors (Lipinski definition) is 2. The first-order valence-electron chi connectivity index (χ1n) is 5.45. The second-order valence-corrected chi connectivity index (χ2v) is 4.13. The fraction of sp³-hybridized carbons (Fsp3) is 0.818. The van der Waals surface area contributed by atoms with Crippen molar-refractivity contribution in [1.82, 2.24) is 5.32 Å². The summed E-state index contributed by atoms with van der Waals surface area (Å²) in [5.74, 6) is -1.02. The van der Waals surface area contributed by atoms with Gasteiger partial charge in [0.2, 0.25) is 5.91 Å². The van der Waals surface area contributed by atoms with Gasteiger partial charge < -0.3 is 15.2 Å². The van der Waals surface area contributed by atoms with Gasteiger partial charge in [-0.05, 0) is 19.8 Å². The first-order chi connectivity index (χ1) is 7.43. The predicted molar refractivity (Wildman–Crippen MR) is 60.2 cm³/mol. The Balaban J connectivity index is 4.09. The number of carbonyl (C=O) groups excluding carboxylic acids is 1. The van der Waals surface area contributed by atoms with E-state index in [1.807, 2.05) is 6.92 Å². The van der Waals surface area contributed by atoms with Crippen molar-refractivity contribution in [2.24, 2.45) is 0 Å². The van der Waals surface area contributed by atoms with E-state index < -0.39 is 11.5 Å². The van der Waals surface area contributed by atoms with Crippen LogP contribution in [0, 0.1) is 0 Å². The average molecular weight is 231 g/mol. The predicted octanol–water partition coefficient (Wildman–Crippen LogP) is 1.17. The van der Waals surface area contributed by atoms with Gasteiger partial charge >= 0.3 is 5.97 Å². The van der Waals surface area contributed by atoms with Crippen molar-refractivity contribution in [2.75, 3.05) is 13.7 Å². The smallest absolute Gasteiger partial charge is 0.305 e. The molecule has 16 heavy (non-hydrogen) atoms. The van der Waals surface area contributed by atoms with Gasteiger partial charge in [-0.3, -0.25) is 9.59 Å². The summed E-state index contributed by atoms with van der Waals surface area (Å²) in [4.78, 5) is 22.2. The van der Waals surface area contributed by atoms with E-state index in [9.17, 15) is 9.59 Å². The Labute approximate surface area is 96.2 Å². The SMILES string of the molecule is CCC(C)(CC(=O)O)NC(=O)CCCOC. The van der Waals surface area contributed by atoms with Crippen molar-refractivity contribution in [3.63, 3.8) is 0 Å². The molecule has 5 heteroatoms. The lowest BCUT2D eigenvalue weighted by molar-refractivity contribution is -0.139. The first kappa shape index (κ1) is 14.9. The fourth-order valence-corrected chi connectivity index (χ4v) is 1.37. The maximum atomic E-state index is 11.5. The summed E-state index contributed by atoms with van der Waals surface area (Å²) < 4.78 is 4.84. The van der Waals surface area contributed by atoms with Gasteiger partial charge in [-0.2, -0.15) is 0 Å². The highest BCUT2D eigenvalue weighted by Crippen LogP contribution is 2.14. The molecule has 0 aliphatic carbocycles. The van der Waals surface area contributed by atoms with Crippen LogP contribution in [0.15, 0.2) is 0 Å². The van der Waals surface area contributed by atoms with E-state index in [2.05, 4.69) is 5.32 Å². The first-order valence-corrected chi connectivity index (χ1v) is 5.45. The molecule has 0 spiro atoms. The van der Waals surface area contributed by atoms with Crippen LogP contribution in [0.3, 0.4) is 0 Å². The van der Waals surface area contributed by atoms with E-state index in [1.165, 1.54) is 0 Å². The van der Waals surface area contributed by atoms with Gasteiger partial charge in [0.1, 0.15) is 0 Å². The number of rotatable bonds is 8. The van der Waals surface area contributed by atoms with Gasteiger partial charge in [-0.25, -0.2) is 0 Å². The lowest BCUT2D eigenvalue weighted by Crippen LogP contribution is -2.47. The summed E-state index contributed by atoms with van der Waals surface area (Å²) in [6.07, 6.45) is 1.55. The third-order valence-electron chi connectivity index (χ3n) is 2.52. The number of ether oxygens (including phenoxy) is 1. The van der Waals surface area contributed by atoms with Crippen molar-refractivity contribution in [3.05, 3.63) is 0 Å². The summed E-state index contributed by atoms with van der Waals surface area (Å²) in [7, 11) is 1.58. The fourth-order valence-electron chi connectivity index (χ4n) is 1.37. The van der Waals surface area contributed by atoms with Gasteiger partial charge in [-0.15, -0.1) is 0 Å². The third-order valence-corrected chi connectivity index (χ3v) is 2.52. The largest absolute Gasteiger partial charge is 0.481 e. The molecule has 0 fully saturated rings. The van der Waals surface area contributed by atoms with Crippen LogP contribution in [0.1, 0.15) is 39.5 Å². The second-order valence-electron chi connectivity index (χ2n) is 4.13. The molecule has 94 valence electrons. The zero-order valence-electron chi connectivity index (χ0n) is 10.2. The number of hydrogen-bond acceptors (Lipinski definition) is 3. The van der Waals surface area contributed by atoms with Crippen LogP contribution >= 0.6 is 0 Å².